The zero-order valence-electron chi connectivity index (χ0n) is 9.98. The van der Waals surface area contributed by atoms with Gasteiger partial charge in [-0.05, 0) is 6.42 Å². The highest BCUT2D eigenvalue weighted by Gasteiger charge is 2.17. The first-order valence-electron chi connectivity index (χ1n) is 5.96. The molecular formula is C13H18F3N. The summed E-state index contributed by atoms with van der Waals surface area (Å²) < 4.78 is 39.5. The summed E-state index contributed by atoms with van der Waals surface area (Å²) in [6.45, 7) is 2.08. The van der Waals surface area contributed by atoms with Crippen molar-refractivity contribution < 1.29 is 13.2 Å². The third-order valence-corrected chi connectivity index (χ3v) is 2.78. The number of rotatable bonds is 6. The predicted octanol–water partition coefficient (Wildman–Crippen LogP) is 4.07. The zero-order chi connectivity index (χ0) is 12.8. The van der Waals surface area contributed by atoms with E-state index in [4.69, 9.17) is 5.73 Å². The summed E-state index contributed by atoms with van der Waals surface area (Å²) in [6.07, 6.45) is 4.51. The molecule has 0 spiro atoms. The standard InChI is InChI=1S/C13H18F3N/c1-2-3-4-5-6-12(17)13-10(15)7-9(14)8-11(13)16/h7-8,12H,2-6,17H2,1H3. The van der Waals surface area contributed by atoms with E-state index in [0.29, 0.717) is 18.6 Å². The topological polar surface area (TPSA) is 26.0 Å². The molecule has 1 nitrogen and oxygen atoms in total. The molecule has 4 heteroatoms. The highest BCUT2D eigenvalue weighted by atomic mass is 19.1. The SMILES string of the molecule is CCCCCCC(N)c1c(F)cc(F)cc1F. The summed E-state index contributed by atoms with van der Waals surface area (Å²) in [7, 11) is 0. The van der Waals surface area contributed by atoms with Crippen LogP contribution in [0.25, 0.3) is 0 Å². The minimum absolute atomic E-state index is 0.206. The molecule has 0 bridgehead atoms. The van der Waals surface area contributed by atoms with Crippen LogP contribution in [0, 0.1) is 17.5 Å². The highest BCUT2D eigenvalue weighted by molar-refractivity contribution is 5.23. The van der Waals surface area contributed by atoms with Gasteiger partial charge in [-0.15, -0.1) is 0 Å². The van der Waals surface area contributed by atoms with E-state index in [-0.39, 0.29) is 5.56 Å². The minimum atomic E-state index is -0.915. The molecule has 0 fully saturated rings. The molecule has 0 amide bonds. The number of nitrogens with two attached hydrogens (primary N) is 1. The van der Waals surface area contributed by atoms with E-state index in [1.54, 1.807) is 0 Å². The molecule has 0 aromatic heterocycles. The largest absolute Gasteiger partial charge is 0.324 e. The molecule has 0 aliphatic carbocycles. The van der Waals surface area contributed by atoms with Crippen LogP contribution in [0.4, 0.5) is 13.2 Å². The lowest BCUT2D eigenvalue weighted by Crippen LogP contribution is -2.14. The first kappa shape index (κ1) is 14.0. The van der Waals surface area contributed by atoms with Gasteiger partial charge in [0.2, 0.25) is 0 Å². The van der Waals surface area contributed by atoms with Crippen molar-refractivity contribution in [2.24, 2.45) is 5.73 Å². The van der Waals surface area contributed by atoms with Gasteiger partial charge >= 0.3 is 0 Å². The molecule has 0 aliphatic heterocycles. The smallest absolute Gasteiger partial charge is 0.133 e. The highest BCUT2D eigenvalue weighted by Crippen LogP contribution is 2.24. The van der Waals surface area contributed by atoms with Crippen molar-refractivity contribution in [2.75, 3.05) is 0 Å². The van der Waals surface area contributed by atoms with Crippen LogP contribution in [0.2, 0.25) is 0 Å². The molecule has 0 aliphatic rings. The van der Waals surface area contributed by atoms with Crippen molar-refractivity contribution in [3.8, 4) is 0 Å². The predicted molar refractivity (Wildman–Crippen MR) is 62.0 cm³/mol. The molecule has 0 saturated carbocycles. The lowest BCUT2D eigenvalue weighted by atomic mass is 10.00. The molecule has 17 heavy (non-hydrogen) atoms. The second kappa shape index (κ2) is 6.64. The van der Waals surface area contributed by atoms with Gasteiger partial charge in [0.25, 0.3) is 0 Å². The van der Waals surface area contributed by atoms with Crippen molar-refractivity contribution in [1.29, 1.82) is 0 Å². The van der Waals surface area contributed by atoms with Gasteiger partial charge in [-0.2, -0.15) is 0 Å². The van der Waals surface area contributed by atoms with Crippen LogP contribution >= 0.6 is 0 Å². The normalized spacial score (nSPS) is 12.8. The first-order chi connectivity index (χ1) is 8.06. The Balaban J connectivity index is 2.65. The average molecular weight is 245 g/mol. The van der Waals surface area contributed by atoms with Gasteiger partial charge in [0.1, 0.15) is 17.5 Å². The number of halogens is 3. The molecule has 1 atom stereocenters. The Kier molecular flexibility index (Phi) is 5.48. The fraction of sp³-hybridized carbons (Fsp3) is 0.538. The summed E-state index contributed by atoms with van der Waals surface area (Å²) in [6, 6.07) is 0.640. The lowest BCUT2D eigenvalue weighted by Gasteiger charge is -2.13. The number of hydrogen-bond acceptors (Lipinski definition) is 1. The minimum Gasteiger partial charge on any atom is -0.324 e. The van der Waals surface area contributed by atoms with Gasteiger partial charge in [0, 0.05) is 23.7 Å². The van der Waals surface area contributed by atoms with Crippen molar-refractivity contribution in [3.63, 3.8) is 0 Å². The number of unbranched alkanes of at least 4 members (excludes halogenated alkanes) is 3. The first-order valence-corrected chi connectivity index (χ1v) is 5.96. The third-order valence-electron chi connectivity index (χ3n) is 2.78. The summed E-state index contributed by atoms with van der Waals surface area (Å²) in [4.78, 5) is 0. The van der Waals surface area contributed by atoms with Crippen molar-refractivity contribution in [1.82, 2.24) is 0 Å². The Morgan fingerprint density at radius 2 is 1.65 bits per heavy atom. The number of benzene rings is 1. The maximum Gasteiger partial charge on any atom is 0.133 e. The Bertz CT molecular complexity index is 343. The van der Waals surface area contributed by atoms with Crippen LogP contribution in [-0.2, 0) is 0 Å². The van der Waals surface area contributed by atoms with E-state index >= 15 is 0 Å². The molecule has 2 N–H and O–H groups in total. The van der Waals surface area contributed by atoms with E-state index in [2.05, 4.69) is 6.92 Å². The Hall–Kier alpha value is -1.03. The van der Waals surface area contributed by atoms with Crippen LogP contribution in [0.15, 0.2) is 12.1 Å². The molecule has 1 unspecified atom stereocenters. The lowest BCUT2D eigenvalue weighted by molar-refractivity contribution is 0.481. The van der Waals surface area contributed by atoms with Crippen LogP contribution in [0.1, 0.15) is 50.6 Å². The fourth-order valence-corrected chi connectivity index (χ4v) is 1.84. The summed E-state index contributed by atoms with van der Waals surface area (Å²) in [5, 5.41) is 0. The van der Waals surface area contributed by atoms with Crippen molar-refractivity contribution in [2.45, 2.75) is 45.1 Å². The van der Waals surface area contributed by atoms with E-state index in [0.717, 1.165) is 25.7 Å². The zero-order valence-corrected chi connectivity index (χ0v) is 9.98. The monoisotopic (exact) mass is 245 g/mol. The second-order valence-electron chi connectivity index (χ2n) is 4.24. The maximum absolute atomic E-state index is 13.4. The molecular weight excluding hydrogens is 227 g/mol. The Morgan fingerprint density at radius 3 is 2.18 bits per heavy atom. The van der Waals surface area contributed by atoms with E-state index in [1.807, 2.05) is 0 Å². The van der Waals surface area contributed by atoms with Crippen LogP contribution in [0.3, 0.4) is 0 Å². The third kappa shape index (κ3) is 4.04. The maximum atomic E-state index is 13.4. The quantitative estimate of drug-likeness (QED) is 0.751. The van der Waals surface area contributed by atoms with Crippen molar-refractivity contribution in [3.05, 3.63) is 35.1 Å². The van der Waals surface area contributed by atoms with E-state index in [1.165, 1.54) is 0 Å². The Morgan fingerprint density at radius 1 is 1.06 bits per heavy atom. The Labute approximate surface area is 99.8 Å². The molecule has 96 valence electrons. The molecule has 0 heterocycles. The second-order valence-corrected chi connectivity index (χ2v) is 4.24. The van der Waals surface area contributed by atoms with Gasteiger partial charge in [-0.25, -0.2) is 13.2 Å². The van der Waals surface area contributed by atoms with Crippen LogP contribution in [-0.4, -0.2) is 0 Å². The molecule has 0 saturated heterocycles. The molecule has 1 rings (SSSR count). The summed E-state index contributed by atoms with van der Waals surface area (Å²) in [5.41, 5.74) is 5.52. The van der Waals surface area contributed by atoms with Gasteiger partial charge < -0.3 is 5.73 Å². The van der Waals surface area contributed by atoms with E-state index in [9.17, 15) is 13.2 Å². The number of hydrogen-bond donors (Lipinski definition) is 1. The summed E-state index contributed by atoms with van der Waals surface area (Å²) >= 11 is 0. The van der Waals surface area contributed by atoms with Gasteiger partial charge in [-0.3, -0.25) is 0 Å². The van der Waals surface area contributed by atoms with Crippen LogP contribution < -0.4 is 5.73 Å². The molecule has 1 aromatic carbocycles. The van der Waals surface area contributed by atoms with Crippen molar-refractivity contribution >= 4 is 0 Å². The fourth-order valence-electron chi connectivity index (χ4n) is 1.84. The van der Waals surface area contributed by atoms with Gasteiger partial charge in [0.05, 0.1) is 0 Å². The van der Waals surface area contributed by atoms with Gasteiger partial charge in [0.15, 0.2) is 0 Å². The summed E-state index contributed by atoms with van der Waals surface area (Å²) in [5.74, 6) is -2.71. The van der Waals surface area contributed by atoms with E-state index < -0.39 is 23.5 Å². The van der Waals surface area contributed by atoms with Gasteiger partial charge in [-0.1, -0.05) is 32.6 Å². The molecule has 1 aromatic rings. The van der Waals surface area contributed by atoms with Crippen LogP contribution in [0.5, 0.6) is 0 Å². The average Bonchev–Trinajstić information content (AvgIpc) is 2.23. The molecule has 0 radical (unpaired) electrons.